The molecular formula is C19H23N. The van der Waals surface area contributed by atoms with Crippen molar-refractivity contribution in [2.45, 2.75) is 24.7 Å². The molecule has 2 aromatic carbocycles. The van der Waals surface area contributed by atoms with Gasteiger partial charge in [-0.15, -0.1) is 0 Å². The Morgan fingerprint density at radius 3 is 2.40 bits per heavy atom. The van der Waals surface area contributed by atoms with Crippen molar-refractivity contribution < 1.29 is 0 Å². The lowest BCUT2D eigenvalue weighted by molar-refractivity contribution is 0.370. The van der Waals surface area contributed by atoms with Crippen LogP contribution in [0.25, 0.3) is 0 Å². The van der Waals surface area contributed by atoms with Gasteiger partial charge in [0.15, 0.2) is 0 Å². The monoisotopic (exact) mass is 265 g/mol. The largest absolute Gasteiger partial charge is 0.309 e. The lowest BCUT2D eigenvalue weighted by Gasteiger charge is -2.22. The summed E-state index contributed by atoms with van der Waals surface area (Å²) >= 11 is 0. The molecule has 0 N–H and O–H groups in total. The van der Waals surface area contributed by atoms with Gasteiger partial charge in [0.1, 0.15) is 0 Å². The van der Waals surface area contributed by atoms with Crippen LogP contribution in [-0.4, -0.2) is 25.5 Å². The first kappa shape index (κ1) is 13.4. The molecule has 0 aromatic heterocycles. The van der Waals surface area contributed by atoms with Gasteiger partial charge in [-0.25, -0.2) is 0 Å². The number of rotatable bonds is 4. The second-order valence-corrected chi connectivity index (χ2v) is 6.12. The first-order valence-electron chi connectivity index (χ1n) is 7.53. The number of fused-ring (bicyclic) bond motifs is 1. The molecule has 3 rings (SSSR count). The molecule has 2 aromatic rings. The second kappa shape index (κ2) is 5.80. The van der Waals surface area contributed by atoms with E-state index in [0.29, 0.717) is 11.8 Å². The molecule has 0 fully saturated rings. The van der Waals surface area contributed by atoms with Crippen LogP contribution in [0.4, 0.5) is 0 Å². The molecule has 1 aliphatic carbocycles. The van der Waals surface area contributed by atoms with Crippen molar-refractivity contribution in [1.29, 1.82) is 0 Å². The fourth-order valence-corrected chi connectivity index (χ4v) is 3.48. The minimum Gasteiger partial charge on any atom is -0.309 e. The highest BCUT2D eigenvalue weighted by Crippen LogP contribution is 2.45. The Morgan fingerprint density at radius 1 is 0.950 bits per heavy atom. The van der Waals surface area contributed by atoms with Crippen molar-refractivity contribution in [2.75, 3.05) is 20.6 Å². The van der Waals surface area contributed by atoms with Crippen LogP contribution in [0, 0.1) is 0 Å². The number of benzene rings is 2. The van der Waals surface area contributed by atoms with Gasteiger partial charge in [-0.3, -0.25) is 0 Å². The van der Waals surface area contributed by atoms with Crippen LogP contribution in [0.3, 0.4) is 0 Å². The fraction of sp³-hybridized carbons (Fsp3) is 0.368. The first-order chi connectivity index (χ1) is 9.75. The highest BCUT2D eigenvalue weighted by atomic mass is 15.0. The Balaban J connectivity index is 1.90. The fourth-order valence-electron chi connectivity index (χ4n) is 3.48. The highest BCUT2D eigenvalue weighted by Gasteiger charge is 2.32. The molecule has 2 atom stereocenters. The van der Waals surface area contributed by atoms with Crippen LogP contribution in [0.5, 0.6) is 0 Å². The predicted octanol–water partition coefficient (Wildman–Crippen LogP) is 4.06. The van der Waals surface area contributed by atoms with Crippen LogP contribution >= 0.6 is 0 Å². The summed E-state index contributed by atoms with van der Waals surface area (Å²) in [6.45, 7) is 1.16. The lowest BCUT2D eigenvalue weighted by Crippen LogP contribution is -2.17. The van der Waals surface area contributed by atoms with E-state index in [4.69, 9.17) is 0 Å². The smallest absolute Gasteiger partial charge is 0.00188 e. The number of nitrogens with zero attached hydrogens (tertiary/aromatic N) is 1. The van der Waals surface area contributed by atoms with Gasteiger partial charge in [-0.1, -0.05) is 54.6 Å². The van der Waals surface area contributed by atoms with Crippen LogP contribution in [0.15, 0.2) is 54.6 Å². The van der Waals surface area contributed by atoms with Crippen LogP contribution in [-0.2, 0) is 6.42 Å². The maximum absolute atomic E-state index is 2.33. The molecule has 0 heterocycles. The van der Waals surface area contributed by atoms with E-state index in [1.54, 1.807) is 11.1 Å². The summed E-state index contributed by atoms with van der Waals surface area (Å²) in [6.07, 6.45) is 2.43. The quantitative estimate of drug-likeness (QED) is 0.805. The lowest BCUT2D eigenvalue weighted by atomic mass is 9.84. The number of hydrogen-bond acceptors (Lipinski definition) is 1. The van der Waals surface area contributed by atoms with Gasteiger partial charge >= 0.3 is 0 Å². The molecule has 0 radical (unpaired) electrons. The maximum Gasteiger partial charge on any atom is -0.00188 e. The standard InChI is InChI=1S/C19H23N/c1-20(2)13-12-18-17-11-7-6-10-16(17)14-19(18)15-8-4-3-5-9-15/h3-11,18-19H,12-14H2,1-2H3/t18-,19-/m1/s1. The van der Waals surface area contributed by atoms with E-state index >= 15 is 0 Å². The van der Waals surface area contributed by atoms with Gasteiger partial charge in [0, 0.05) is 0 Å². The van der Waals surface area contributed by atoms with Crippen molar-refractivity contribution in [3.8, 4) is 0 Å². The van der Waals surface area contributed by atoms with E-state index in [1.807, 2.05) is 0 Å². The Morgan fingerprint density at radius 2 is 1.65 bits per heavy atom. The third-order valence-corrected chi connectivity index (χ3v) is 4.50. The molecule has 0 saturated heterocycles. The summed E-state index contributed by atoms with van der Waals surface area (Å²) < 4.78 is 0. The molecule has 0 bridgehead atoms. The topological polar surface area (TPSA) is 3.24 Å². The molecule has 0 unspecified atom stereocenters. The zero-order chi connectivity index (χ0) is 13.9. The van der Waals surface area contributed by atoms with Crippen LogP contribution < -0.4 is 0 Å². The Kier molecular flexibility index (Phi) is 3.88. The van der Waals surface area contributed by atoms with Crippen molar-refractivity contribution in [3.05, 3.63) is 71.3 Å². The van der Waals surface area contributed by atoms with Gasteiger partial charge < -0.3 is 4.90 Å². The zero-order valence-electron chi connectivity index (χ0n) is 12.4. The van der Waals surface area contributed by atoms with Crippen molar-refractivity contribution in [2.24, 2.45) is 0 Å². The van der Waals surface area contributed by atoms with E-state index < -0.39 is 0 Å². The first-order valence-corrected chi connectivity index (χ1v) is 7.53. The Bertz CT molecular complexity index is 559. The van der Waals surface area contributed by atoms with E-state index in [-0.39, 0.29) is 0 Å². The molecule has 104 valence electrons. The van der Waals surface area contributed by atoms with Crippen LogP contribution in [0.2, 0.25) is 0 Å². The van der Waals surface area contributed by atoms with Gasteiger partial charge in [0.2, 0.25) is 0 Å². The van der Waals surface area contributed by atoms with Gasteiger partial charge in [-0.05, 0) is 62.0 Å². The van der Waals surface area contributed by atoms with E-state index in [2.05, 4.69) is 73.6 Å². The number of hydrogen-bond donors (Lipinski definition) is 0. The second-order valence-electron chi connectivity index (χ2n) is 6.12. The summed E-state index contributed by atoms with van der Waals surface area (Å²) in [6, 6.07) is 20.0. The third kappa shape index (κ3) is 2.64. The van der Waals surface area contributed by atoms with Crippen molar-refractivity contribution in [3.63, 3.8) is 0 Å². The highest BCUT2D eigenvalue weighted by molar-refractivity contribution is 5.41. The third-order valence-electron chi connectivity index (χ3n) is 4.50. The molecule has 1 aliphatic rings. The van der Waals surface area contributed by atoms with Crippen molar-refractivity contribution in [1.82, 2.24) is 4.90 Å². The Hall–Kier alpha value is -1.60. The molecular weight excluding hydrogens is 242 g/mol. The summed E-state index contributed by atoms with van der Waals surface area (Å²) in [5, 5.41) is 0. The molecule has 0 spiro atoms. The minimum atomic E-state index is 0.647. The normalized spacial score (nSPS) is 21.1. The van der Waals surface area contributed by atoms with Crippen LogP contribution in [0.1, 0.15) is 34.9 Å². The zero-order valence-corrected chi connectivity index (χ0v) is 12.4. The van der Waals surface area contributed by atoms with E-state index in [9.17, 15) is 0 Å². The summed E-state index contributed by atoms with van der Waals surface area (Å²) in [5.74, 6) is 1.31. The van der Waals surface area contributed by atoms with Gasteiger partial charge in [0.25, 0.3) is 0 Å². The molecule has 1 nitrogen and oxygen atoms in total. The maximum atomic E-state index is 2.33. The van der Waals surface area contributed by atoms with Crippen molar-refractivity contribution >= 4 is 0 Å². The molecule has 0 aliphatic heterocycles. The summed E-state index contributed by atoms with van der Waals surface area (Å²) in [4.78, 5) is 2.29. The minimum absolute atomic E-state index is 0.647. The van der Waals surface area contributed by atoms with Gasteiger partial charge in [-0.2, -0.15) is 0 Å². The molecule has 1 heteroatoms. The van der Waals surface area contributed by atoms with E-state index in [1.165, 1.54) is 18.4 Å². The average molecular weight is 265 g/mol. The summed E-state index contributed by atoms with van der Waals surface area (Å²) in [5.41, 5.74) is 4.61. The van der Waals surface area contributed by atoms with Gasteiger partial charge in [0.05, 0.1) is 0 Å². The van der Waals surface area contributed by atoms with E-state index in [0.717, 1.165) is 6.54 Å². The molecule has 0 saturated carbocycles. The summed E-state index contributed by atoms with van der Waals surface area (Å²) in [7, 11) is 4.33. The average Bonchev–Trinajstić information content (AvgIpc) is 2.84. The molecule has 0 amide bonds. The Labute approximate surface area is 122 Å². The SMILES string of the molecule is CN(C)CC[C@@H]1c2ccccc2C[C@@H]1c1ccccc1. The molecule has 20 heavy (non-hydrogen) atoms. The predicted molar refractivity (Wildman–Crippen MR) is 85.2 cm³/mol.